The molecule has 1 aromatic carbocycles. The van der Waals surface area contributed by atoms with Crippen LogP contribution in [0.25, 0.3) is 6.08 Å². The van der Waals surface area contributed by atoms with Gasteiger partial charge in [0.2, 0.25) is 0 Å². The van der Waals surface area contributed by atoms with Crippen LogP contribution in [0.1, 0.15) is 64.0 Å². The summed E-state index contributed by atoms with van der Waals surface area (Å²) in [6.45, 7) is 9.75. The van der Waals surface area contributed by atoms with E-state index < -0.39 is 0 Å². The minimum absolute atomic E-state index is 0.00339. The monoisotopic (exact) mass is 514 g/mol. The molecule has 1 aromatic rings. The molecule has 2 heterocycles. The van der Waals surface area contributed by atoms with Gasteiger partial charge in [0, 0.05) is 19.8 Å². The third-order valence-corrected chi connectivity index (χ3v) is 7.93. The molecule has 37 heavy (non-hydrogen) atoms. The highest BCUT2D eigenvalue weighted by Gasteiger charge is 2.72. The third-order valence-electron chi connectivity index (χ3n) is 7.93. The molecule has 0 radical (unpaired) electrons. The van der Waals surface area contributed by atoms with E-state index in [2.05, 4.69) is 26.8 Å². The number of epoxide rings is 2. The maximum absolute atomic E-state index is 12.8. The summed E-state index contributed by atoms with van der Waals surface area (Å²) in [4.78, 5) is 12.8. The van der Waals surface area contributed by atoms with Gasteiger partial charge in [-0.3, -0.25) is 0 Å². The number of carbonyl (C=O) groups is 1. The lowest BCUT2D eigenvalue weighted by Gasteiger charge is -2.42. The lowest BCUT2D eigenvalue weighted by Crippen LogP contribution is -2.55. The van der Waals surface area contributed by atoms with Crippen LogP contribution in [0.2, 0.25) is 0 Å². The number of rotatable bonds is 12. The van der Waals surface area contributed by atoms with Crippen molar-refractivity contribution in [2.24, 2.45) is 5.92 Å². The van der Waals surface area contributed by atoms with Crippen LogP contribution in [0.3, 0.4) is 0 Å². The molecule has 1 saturated carbocycles. The van der Waals surface area contributed by atoms with E-state index in [1.807, 2.05) is 25.1 Å². The fourth-order valence-corrected chi connectivity index (χ4v) is 5.76. The first-order chi connectivity index (χ1) is 17.7. The van der Waals surface area contributed by atoms with Crippen molar-refractivity contribution in [3.8, 4) is 5.75 Å². The molecule has 204 valence electrons. The van der Waals surface area contributed by atoms with Gasteiger partial charge < -0.3 is 28.8 Å². The van der Waals surface area contributed by atoms with Gasteiger partial charge in [-0.25, -0.2) is 4.79 Å². The molecule has 0 amide bonds. The first kappa shape index (κ1) is 27.8. The van der Waals surface area contributed by atoms with Crippen molar-refractivity contribution >= 4 is 12.0 Å². The molecule has 2 aliphatic heterocycles. The number of benzene rings is 1. The maximum atomic E-state index is 12.8. The molecule has 1 spiro atoms. The number of unbranched alkanes of at least 4 members (excludes halogenated alkanes) is 1. The number of esters is 1. The van der Waals surface area contributed by atoms with Gasteiger partial charge in [-0.2, -0.15) is 0 Å². The van der Waals surface area contributed by atoms with Gasteiger partial charge in [0.25, 0.3) is 0 Å². The predicted molar refractivity (Wildman–Crippen MR) is 141 cm³/mol. The van der Waals surface area contributed by atoms with Crippen LogP contribution in [0.15, 0.2) is 35.9 Å². The Morgan fingerprint density at radius 3 is 2.70 bits per heavy atom. The van der Waals surface area contributed by atoms with Gasteiger partial charge in [-0.15, -0.1) is 0 Å². The van der Waals surface area contributed by atoms with Gasteiger partial charge >= 0.3 is 5.97 Å². The van der Waals surface area contributed by atoms with Gasteiger partial charge in [0.15, 0.2) is 0 Å². The zero-order valence-corrected chi connectivity index (χ0v) is 22.8. The van der Waals surface area contributed by atoms with E-state index in [1.165, 1.54) is 11.6 Å². The highest BCUT2D eigenvalue weighted by molar-refractivity contribution is 5.87. The predicted octanol–water partition coefficient (Wildman–Crippen LogP) is 4.78. The molecular formula is C30H42O7. The molecule has 0 aromatic heterocycles. The zero-order chi connectivity index (χ0) is 26.6. The Morgan fingerprint density at radius 2 is 2.05 bits per heavy atom. The Kier molecular flexibility index (Phi) is 8.79. The summed E-state index contributed by atoms with van der Waals surface area (Å²) in [5.74, 6) is 0.427. The second-order valence-electron chi connectivity index (χ2n) is 11.0. The highest BCUT2D eigenvalue weighted by Crippen LogP contribution is 2.59. The second-order valence-corrected chi connectivity index (χ2v) is 11.0. The average Bonchev–Trinajstić information content (AvgIpc) is 3.78. The molecule has 0 unspecified atom stereocenters. The number of carbonyl (C=O) groups excluding carboxylic acids is 1. The van der Waals surface area contributed by atoms with Crippen molar-refractivity contribution in [1.29, 1.82) is 0 Å². The molecule has 4 rings (SSSR count). The first-order valence-electron chi connectivity index (χ1n) is 13.4. The van der Waals surface area contributed by atoms with Crippen LogP contribution < -0.4 is 4.74 Å². The summed E-state index contributed by atoms with van der Waals surface area (Å²) < 4.78 is 29.9. The molecule has 3 aliphatic rings. The van der Waals surface area contributed by atoms with Crippen LogP contribution in [-0.2, 0) is 23.7 Å². The zero-order valence-electron chi connectivity index (χ0n) is 22.8. The van der Waals surface area contributed by atoms with Crippen molar-refractivity contribution in [3.63, 3.8) is 0 Å². The molecule has 7 nitrogen and oxygen atoms in total. The summed E-state index contributed by atoms with van der Waals surface area (Å²) in [6, 6.07) is 5.80. The number of ether oxygens (including phenoxy) is 5. The summed E-state index contributed by atoms with van der Waals surface area (Å²) in [5.41, 5.74) is 2.56. The van der Waals surface area contributed by atoms with E-state index in [0.29, 0.717) is 19.6 Å². The van der Waals surface area contributed by atoms with E-state index in [-0.39, 0.29) is 48.0 Å². The number of hydrogen-bond acceptors (Lipinski definition) is 7. The largest absolute Gasteiger partial charge is 0.493 e. The summed E-state index contributed by atoms with van der Waals surface area (Å²) in [6.07, 6.45) is 8.84. The fraction of sp³-hybridized carbons (Fsp3) is 0.633. The number of allylic oxidation sites excluding steroid dienone is 1. The maximum Gasteiger partial charge on any atom is 0.331 e. The average molecular weight is 515 g/mol. The van der Waals surface area contributed by atoms with E-state index >= 15 is 0 Å². The van der Waals surface area contributed by atoms with E-state index in [9.17, 15) is 4.79 Å². The molecule has 3 fully saturated rings. The van der Waals surface area contributed by atoms with Gasteiger partial charge in [-0.1, -0.05) is 17.7 Å². The number of hydrogen-bond donors (Lipinski definition) is 1. The summed E-state index contributed by atoms with van der Waals surface area (Å²) in [7, 11) is 1.68. The van der Waals surface area contributed by atoms with Crippen molar-refractivity contribution in [3.05, 3.63) is 47.1 Å². The molecule has 0 bridgehead atoms. The molecule has 1 aliphatic carbocycles. The third kappa shape index (κ3) is 6.45. The second kappa shape index (κ2) is 11.7. The highest BCUT2D eigenvalue weighted by atomic mass is 16.6. The Hall–Kier alpha value is -2.19. The van der Waals surface area contributed by atoms with Crippen LogP contribution >= 0.6 is 0 Å². The number of aryl methyl sites for hydroxylation is 1. The quantitative estimate of drug-likeness (QED) is 0.141. The lowest BCUT2D eigenvalue weighted by atomic mass is 9.68. The fourth-order valence-electron chi connectivity index (χ4n) is 5.76. The Labute approximate surface area is 220 Å². The first-order valence-corrected chi connectivity index (χ1v) is 13.4. The van der Waals surface area contributed by atoms with Crippen LogP contribution in [-0.4, -0.2) is 67.5 Å². The summed E-state index contributed by atoms with van der Waals surface area (Å²) in [5, 5.41) is 8.89. The van der Waals surface area contributed by atoms with Crippen LogP contribution in [0.4, 0.5) is 0 Å². The standard InChI is InChI=1S/C30H42O7/c1-20(2)8-12-25-29(4,37-25)28-27(33-5)24(14-15-30(28)19-35-30)36-26(32)13-10-22-9-11-23(21(3)18-22)34-17-7-6-16-31/h8-11,13,18,24-25,27-28,31H,6-7,12,14-17,19H2,1-5H3/t24-,25-,27-,28-,29+,30+/m1/s1. The minimum atomic E-state index is -0.386. The topological polar surface area (TPSA) is 90.1 Å². The Morgan fingerprint density at radius 1 is 1.27 bits per heavy atom. The van der Waals surface area contributed by atoms with Crippen molar-refractivity contribution in [1.82, 2.24) is 0 Å². The van der Waals surface area contributed by atoms with E-state index in [0.717, 1.165) is 42.6 Å². The van der Waals surface area contributed by atoms with E-state index in [4.69, 9.17) is 28.8 Å². The van der Waals surface area contributed by atoms with Crippen LogP contribution in [0.5, 0.6) is 5.75 Å². The smallest absolute Gasteiger partial charge is 0.331 e. The van der Waals surface area contributed by atoms with Crippen molar-refractivity contribution in [2.75, 3.05) is 26.9 Å². The molecule has 7 heteroatoms. The van der Waals surface area contributed by atoms with Crippen molar-refractivity contribution in [2.45, 2.75) is 89.3 Å². The van der Waals surface area contributed by atoms with Gasteiger partial charge in [0.05, 0.1) is 25.2 Å². The molecule has 1 N–H and O–H groups in total. The Balaban J connectivity index is 1.37. The molecule has 2 saturated heterocycles. The molecular weight excluding hydrogens is 472 g/mol. The minimum Gasteiger partial charge on any atom is -0.493 e. The lowest BCUT2D eigenvalue weighted by molar-refractivity contribution is -0.166. The SMILES string of the molecule is CO[C@@H]1[C@H](OC(=O)C=Cc2ccc(OCCCCO)c(C)c2)CC[C@]2(CO2)[C@H]1[C@@]1(C)O[C@@H]1CC=C(C)C. The number of methoxy groups -OCH3 is 1. The van der Waals surface area contributed by atoms with E-state index in [1.54, 1.807) is 13.2 Å². The van der Waals surface area contributed by atoms with Crippen molar-refractivity contribution < 1.29 is 33.6 Å². The van der Waals surface area contributed by atoms with Gasteiger partial charge in [0.1, 0.15) is 29.2 Å². The normalized spacial score (nSPS) is 32.4. The molecule has 6 atom stereocenters. The van der Waals surface area contributed by atoms with Gasteiger partial charge in [-0.05, 0) is 89.1 Å². The summed E-state index contributed by atoms with van der Waals surface area (Å²) >= 11 is 0. The number of aliphatic hydroxyl groups is 1. The van der Waals surface area contributed by atoms with Crippen LogP contribution in [0, 0.1) is 12.8 Å². The number of aliphatic hydroxyl groups excluding tert-OH is 1. The Bertz CT molecular complexity index is 1010.